The standard InChI is InChI=1S/C11H16N2O/c1-3-8-14-11-10(9-12-4-2)6-5-7-13-11/h3,5-7,12H,1,4,8-9H2,2H3. The van der Waals surface area contributed by atoms with E-state index in [1.54, 1.807) is 12.3 Å². The third-order valence-corrected chi connectivity index (χ3v) is 1.75. The molecule has 1 rings (SSSR count). The summed E-state index contributed by atoms with van der Waals surface area (Å²) in [4.78, 5) is 4.16. The fourth-order valence-electron chi connectivity index (χ4n) is 1.09. The van der Waals surface area contributed by atoms with Crippen LogP contribution in [0.5, 0.6) is 5.88 Å². The van der Waals surface area contributed by atoms with Gasteiger partial charge < -0.3 is 10.1 Å². The zero-order valence-electron chi connectivity index (χ0n) is 8.49. The Morgan fingerprint density at radius 1 is 1.64 bits per heavy atom. The summed E-state index contributed by atoms with van der Waals surface area (Å²) >= 11 is 0. The molecular formula is C11H16N2O. The highest BCUT2D eigenvalue weighted by molar-refractivity contribution is 5.25. The van der Waals surface area contributed by atoms with Crippen LogP contribution in [-0.4, -0.2) is 18.1 Å². The SMILES string of the molecule is C=CCOc1ncccc1CNCC. The molecule has 1 heterocycles. The first kappa shape index (κ1) is 10.7. The van der Waals surface area contributed by atoms with Crippen LogP contribution in [-0.2, 0) is 6.54 Å². The van der Waals surface area contributed by atoms with Crippen molar-refractivity contribution in [2.75, 3.05) is 13.2 Å². The molecule has 14 heavy (non-hydrogen) atoms. The van der Waals surface area contributed by atoms with Gasteiger partial charge in [-0.25, -0.2) is 4.98 Å². The fraction of sp³-hybridized carbons (Fsp3) is 0.364. The predicted molar refractivity (Wildman–Crippen MR) is 57.3 cm³/mol. The summed E-state index contributed by atoms with van der Waals surface area (Å²) < 4.78 is 5.41. The molecule has 3 nitrogen and oxygen atoms in total. The van der Waals surface area contributed by atoms with Gasteiger partial charge in [0.2, 0.25) is 5.88 Å². The Morgan fingerprint density at radius 3 is 3.21 bits per heavy atom. The summed E-state index contributed by atoms with van der Waals surface area (Å²) in [5, 5.41) is 3.24. The summed E-state index contributed by atoms with van der Waals surface area (Å²) in [5.74, 6) is 0.688. The molecule has 1 aromatic rings. The maximum Gasteiger partial charge on any atom is 0.218 e. The Labute approximate surface area is 84.8 Å². The van der Waals surface area contributed by atoms with Crippen molar-refractivity contribution >= 4 is 0 Å². The molecule has 0 saturated carbocycles. The number of pyridine rings is 1. The van der Waals surface area contributed by atoms with E-state index in [1.807, 2.05) is 12.1 Å². The van der Waals surface area contributed by atoms with Gasteiger partial charge in [0.05, 0.1) is 0 Å². The summed E-state index contributed by atoms with van der Waals surface area (Å²) in [6.07, 6.45) is 3.44. The van der Waals surface area contributed by atoms with Crippen molar-refractivity contribution < 1.29 is 4.74 Å². The first-order valence-corrected chi connectivity index (χ1v) is 4.76. The largest absolute Gasteiger partial charge is 0.473 e. The van der Waals surface area contributed by atoms with Crippen molar-refractivity contribution in [1.82, 2.24) is 10.3 Å². The van der Waals surface area contributed by atoms with E-state index in [0.717, 1.165) is 18.7 Å². The van der Waals surface area contributed by atoms with Crippen LogP contribution in [0.15, 0.2) is 31.0 Å². The number of ether oxygens (including phenoxy) is 1. The lowest BCUT2D eigenvalue weighted by Gasteiger charge is -2.08. The number of rotatable bonds is 6. The van der Waals surface area contributed by atoms with Crippen LogP contribution in [0.3, 0.4) is 0 Å². The fourth-order valence-corrected chi connectivity index (χ4v) is 1.09. The van der Waals surface area contributed by atoms with Crippen molar-refractivity contribution in [3.8, 4) is 5.88 Å². The summed E-state index contributed by atoms with van der Waals surface area (Å²) in [7, 11) is 0. The molecule has 0 saturated heterocycles. The lowest BCUT2D eigenvalue weighted by molar-refractivity contribution is 0.343. The van der Waals surface area contributed by atoms with Gasteiger partial charge in [-0.05, 0) is 12.6 Å². The van der Waals surface area contributed by atoms with E-state index in [0.29, 0.717) is 12.5 Å². The molecule has 0 unspecified atom stereocenters. The molecule has 0 aromatic carbocycles. The van der Waals surface area contributed by atoms with Gasteiger partial charge in [-0.15, -0.1) is 0 Å². The van der Waals surface area contributed by atoms with Gasteiger partial charge in [0.15, 0.2) is 0 Å². The monoisotopic (exact) mass is 192 g/mol. The minimum absolute atomic E-state index is 0.496. The van der Waals surface area contributed by atoms with E-state index in [-0.39, 0.29) is 0 Å². The first-order chi connectivity index (χ1) is 6.88. The number of hydrogen-bond donors (Lipinski definition) is 1. The molecule has 0 radical (unpaired) electrons. The predicted octanol–water partition coefficient (Wildman–Crippen LogP) is 1.76. The second-order valence-corrected chi connectivity index (χ2v) is 2.85. The Hall–Kier alpha value is -1.35. The second-order valence-electron chi connectivity index (χ2n) is 2.85. The number of nitrogens with one attached hydrogen (secondary N) is 1. The van der Waals surface area contributed by atoms with Crippen LogP contribution in [0.25, 0.3) is 0 Å². The van der Waals surface area contributed by atoms with Gasteiger partial charge in [-0.1, -0.05) is 25.6 Å². The summed E-state index contributed by atoms with van der Waals surface area (Å²) in [6, 6.07) is 3.92. The van der Waals surface area contributed by atoms with E-state index in [1.165, 1.54) is 0 Å². The van der Waals surface area contributed by atoms with E-state index >= 15 is 0 Å². The van der Waals surface area contributed by atoms with Gasteiger partial charge in [0.25, 0.3) is 0 Å². The average molecular weight is 192 g/mol. The highest BCUT2D eigenvalue weighted by Crippen LogP contribution is 2.13. The molecule has 0 atom stereocenters. The Balaban J connectivity index is 2.64. The lowest BCUT2D eigenvalue weighted by atomic mass is 10.2. The third kappa shape index (κ3) is 3.18. The van der Waals surface area contributed by atoms with E-state index in [9.17, 15) is 0 Å². The molecule has 1 aromatic heterocycles. The minimum Gasteiger partial charge on any atom is -0.473 e. The highest BCUT2D eigenvalue weighted by Gasteiger charge is 2.02. The van der Waals surface area contributed by atoms with E-state index in [4.69, 9.17) is 4.74 Å². The summed E-state index contributed by atoms with van der Waals surface area (Å²) in [6.45, 7) is 7.89. The van der Waals surface area contributed by atoms with Crippen LogP contribution in [0, 0.1) is 0 Å². The minimum atomic E-state index is 0.496. The van der Waals surface area contributed by atoms with Crippen LogP contribution >= 0.6 is 0 Å². The quantitative estimate of drug-likeness (QED) is 0.697. The third-order valence-electron chi connectivity index (χ3n) is 1.75. The van der Waals surface area contributed by atoms with Gasteiger partial charge in [0, 0.05) is 18.3 Å². The molecule has 0 spiro atoms. The normalized spacial score (nSPS) is 9.79. The van der Waals surface area contributed by atoms with Crippen LogP contribution in [0.4, 0.5) is 0 Å². The summed E-state index contributed by atoms with van der Waals surface area (Å²) in [5.41, 5.74) is 1.08. The zero-order valence-corrected chi connectivity index (χ0v) is 8.49. The van der Waals surface area contributed by atoms with Crippen molar-refractivity contribution in [3.63, 3.8) is 0 Å². The number of aromatic nitrogens is 1. The van der Waals surface area contributed by atoms with Crippen LogP contribution in [0.2, 0.25) is 0 Å². The molecule has 0 amide bonds. The molecule has 0 aliphatic rings. The molecular weight excluding hydrogens is 176 g/mol. The molecule has 0 aliphatic heterocycles. The van der Waals surface area contributed by atoms with Crippen molar-refractivity contribution in [3.05, 3.63) is 36.5 Å². The van der Waals surface area contributed by atoms with Gasteiger partial charge >= 0.3 is 0 Å². The maximum absolute atomic E-state index is 5.41. The van der Waals surface area contributed by atoms with Crippen molar-refractivity contribution in [1.29, 1.82) is 0 Å². The maximum atomic E-state index is 5.41. The Bertz CT molecular complexity index is 286. The van der Waals surface area contributed by atoms with Crippen LogP contribution < -0.4 is 10.1 Å². The van der Waals surface area contributed by atoms with E-state index < -0.39 is 0 Å². The number of hydrogen-bond acceptors (Lipinski definition) is 3. The first-order valence-electron chi connectivity index (χ1n) is 4.76. The smallest absolute Gasteiger partial charge is 0.218 e. The molecule has 3 heteroatoms. The van der Waals surface area contributed by atoms with Crippen molar-refractivity contribution in [2.24, 2.45) is 0 Å². The highest BCUT2D eigenvalue weighted by atomic mass is 16.5. The number of nitrogens with zero attached hydrogens (tertiary/aromatic N) is 1. The van der Waals surface area contributed by atoms with E-state index in [2.05, 4.69) is 23.8 Å². The van der Waals surface area contributed by atoms with Gasteiger partial charge in [-0.2, -0.15) is 0 Å². The zero-order chi connectivity index (χ0) is 10.2. The molecule has 0 aliphatic carbocycles. The molecule has 1 N–H and O–H groups in total. The average Bonchev–Trinajstić information content (AvgIpc) is 2.24. The van der Waals surface area contributed by atoms with Gasteiger partial charge in [-0.3, -0.25) is 0 Å². The molecule has 0 fully saturated rings. The van der Waals surface area contributed by atoms with Gasteiger partial charge in [0.1, 0.15) is 6.61 Å². The Morgan fingerprint density at radius 2 is 2.50 bits per heavy atom. The van der Waals surface area contributed by atoms with Crippen LogP contribution in [0.1, 0.15) is 12.5 Å². The Kier molecular flexibility index (Phi) is 4.72. The topological polar surface area (TPSA) is 34.1 Å². The molecule has 0 bridgehead atoms. The van der Waals surface area contributed by atoms with Crippen molar-refractivity contribution in [2.45, 2.75) is 13.5 Å². The lowest BCUT2D eigenvalue weighted by Crippen LogP contribution is -2.13. The second kappa shape index (κ2) is 6.16. The molecule has 76 valence electrons.